The lowest BCUT2D eigenvalue weighted by Crippen LogP contribution is -2.32. The predicted octanol–water partition coefficient (Wildman–Crippen LogP) is 2.14. The van der Waals surface area contributed by atoms with Gasteiger partial charge >= 0.3 is 0 Å². The van der Waals surface area contributed by atoms with E-state index in [1.54, 1.807) is 6.92 Å². The Balaban J connectivity index is 2.81. The van der Waals surface area contributed by atoms with Gasteiger partial charge in [-0.25, -0.2) is 0 Å². The van der Waals surface area contributed by atoms with Crippen LogP contribution < -0.4 is 5.32 Å². The maximum absolute atomic E-state index is 11.9. The van der Waals surface area contributed by atoms with E-state index in [4.69, 9.17) is 16.7 Å². The Morgan fingerprint density at radius 2 is 2.26 bits per heavy atom. The number of nitro groups is 1. The van der Waals surface area contributed by atoms with E-state index in [0.29, 0.717) is 12.8 Å². The van der Waals surface area contributed by atoms with Crippen LogP contribution in [0.1, 0.15) is 30.1 Å². The van der Waals surface area contributed by atoms with Crippen LogP contribution in [-0.2, 0) is 0 Å². The van der Waals surface area contributed by atoms with Crippen LogP contribution in [0, 0.1) is 10.1 Å². The van der Waals surface area contributed by atoms with Crippen LogP contribution >= 0.6 is 11.6 Å². The molecule has 0 aromatic heterocycles. The van der Waals surface area contributed by atoms with Gasteiger partial charge in [0.15, 0.2) is 0 Å². The summed E-state index contributed by atoms with van der Waals surface area (Å²) < 4.78 is 0. The van der Waals surface area contributed by atoms with Crippen molar-refractivity contribution in [2.45, 2.75) is 25.8 Å². The van der Waals surface area contributed by atoms with Gasteiger partial charge in [-0.15, -0.1) is 0 Å². The fourth-order valence-corrected chi connectivity index (χ4v) is 1.78. The molecule has 1 aromatic carbocycles. The Kier molecular flexibility index (Phi) is 5.72. The molecule has 1 atom stereocenters. The molecule has 0 saturated carbocycles. The first-order chi connectivity index (χ1) is 8.95. The largest absolute Gasteiger partial charge is 0.396 e. The molecular formula is C12H15ClN2O4. The van der Waals surface area contributed by atoms with Gasteiger partial charge in [0, 0.05) is 24.8 Å². The zero-order valence-electron chi connectivity index (χ0n) is 10.4. The van der Waals surface area contributed by atoms with E-state index in [1.807, 2.05) is 0 Å². The number of hydrogen-bond acceptors (Lipinski definition) is 4. The molecule has 0 bridgehead atoms. The number of benzene rings is 1. The normalized spacial score (nSPS) is 11.9. The molecular weight excluding hydrogens is 272 g/mol. The van der Waals surface area contributed by atoms with Gasteiger partial charge < -0.3 is 10.4 Å². The van der Waals surface area contributed by atoms with Gasteiger partial charge in [-0.2, -0.15) is 0 Å². The molecule has 0 aliphatic heterocycles. The summed E-state index contributed by atoms with van der Waals surface area (Å²) in [6.45, 7) is 1.84. The van der Waals surface area contributed by atoms with E-state index in [-0.39, 0.29) is 28.9 Å². The fourth-order valence-electron chi connectivity index (χ4n) is 1.57. The van der Waals surface area contributed by atoms with E-state index in [9.17, 15) is 14.9 Å². The third kappa shape index (κ3) is 4.50. The van der Waals surface area contributed by atoms with Crippen molar-refractivity contribution >= 4 is 23.2 Å². The Morgan fingerprint density at radius 3 is 2.84 bits per heavy atom. The number of aliphatic hydroxyl groups is 1. The van der Waals surface area contributed by atoms with Crippen LogP contribution in [0.15, 0.2) is 18.2 Å². The minimum atomic E-state index is -0.581. The van der Waals surface area contributed by atoms with E-state index in [0.717, 1.165) is 6.07 Å². The molecule has 0 aliphatic carbocycles. The van der Waals surface area contributed by atoms with Crippen LogP contribution in [0.2, 0.25) is 5.02 Å². The Hall–Kier alpha value is -1.66. The Labute approximate surface area is 115 Å². The lowest BCUT2D eigenvalue weighted by atomic mass is 10.1. The molecule has 7 heteroatoms. The highest BCUT2D eigenvalue weighted by Gasteiger charge is 2.17. The van der Waals surface area contributed by atoms with E-state index in [1.165, 1.54) is 12.1 Å². The smallest absolute Gasteiger partial charge is 0.270 e. The molecule has 104 valence electrons. The summed E-state index contributed by atoms with van der Waals surface area (Å²) >= 11 is 5.86. The van der Waals surface area contributed by atoms with Crippen molar-refractivity contribution in [1.82, 2.24) is 5.32 Å². The third-order valence-corrected chi connectivity index (χ3v) is 2.91. The summed E-state index contributed by atoms with van der Waals surface area (Å²) in [6, 6.07) is 3.58. The number of nitrogens with zero attached hydrogens (tertiary/aromatic N) is 1. The SMILES string of the molecule is CC(CCCO)NC(=O)c1cc([N+](=O)[O-])ccc1Cl. The van der Waals surface area contributed by atoms with Crippen LogP contribution in [0.25, 0.3) is 0 Å². The highest BCUT2D eigenvalue weighted by atomic mass is 35.5. The zero-order valence-corrected chi connectivity index (χ0v) is 11.2. The summed E-state index contributed by atoms with van der Waals surface area (Å²) in [5.41, 5.74) is -0.107. The average molecular weight is 287 g/mol. The molecule has 0 radical (unpaired) electrons. The molecule has 19 heavy (non-hydrogen) atoms. The second-order valence-electron chi connectivity index (χ2n) is 4.16. The number of nitrogens with one attached hydrogen (secondary N) is 1. The van der Waals surface area contributed by atoms with Gasteiger partial charge in [0.25, 0.3) is 11.6 Å². The molecule has 0 saturated heterocycles. The topological polar surface area (TPSA) is 92.5 Å². The minimum absolute atomic E-state index is 0.0533. The highest BCUT2D eigenvalue weighted by Crippen LogP contribution is 2.22. The standard InChI is InChI=1S/C12H15ClN2O4/c1-8(3-2-6-16)14-12(17)10-7-9(15(18)19)4-5-11(10)13/h4-5,7-8,16H,2-3,6H2,1H3,(H,14,17). The molecule has 2 N–H and O–H groups in total. The lowest BCUT2D eigenvalue weighted by Gasteiger charge is -2.13. The first kappa shape index (κ1) is 15.4. The lowest BCUT2D eigenvalue weighted by molar-refractivity contribution is -0.384. The van der Waals surface area contributed by atoms with Gasteiger partial charge in [-0.05, 0) is 25.8 Å². The van der Waals surface area contributed by atoms with Crippen molar-refractivity contribution < 1.29 is 14.8 Å². The predicted molar refractivity (Wildman–Crippen MR) is 71.4 cm³/mol. The summed E-state index contributed by atoms with van der Waals surface area (Å²) in [6.07, 6.45) is 1.19. The number of non-ortho nitro benzene ring substituents is 1. The van der Waals surface area contributed by atoms with Crippen molar-refractivity contribution in [2.24, 2.45) is 0 Å². The van der Waals surface area contributed by atoms with Gasteiger partial charge in [0.1, 0.15) is 0 Å². The van der Waals surface area contributed by atoms with Gasteiger partial charge in [0.2, 0.25) is 0 Å². The molecule has 0 fully saturated rings. The van der Waals surface area contributed by atoms with Crippen molar-refractivity contribution in [2.75, 3.05) is 6.61 Å². The van der Waals surface area contributed by atoms with Crippen LogP contribution in [0.3, 0.4) is 0 Å². The van der Waals surface area contributed by atoms with Crippen molar-refractivity contribution in [3.63, 3.8) is 0 Å². The van der Waals surface area contributed by atoms with Crippen LogP contribution in [0.5, 0.6) is 0 Å². The van der Waals surface area contributed by atoms with E-state index in [2.05, 4.69) is 5.32 Å². The Morgan fingerprint density at radius 1 is 1.58 bits per heavy atom. The van der Waals surface area contributed by atoms with Crippen molar-refractivity contribution in [3.8, 4) is 0 Å². The number of rotatable bonds is 6. The summed E-state index contributed by atoms with van der Waals surface area (Å²) in [5, 5.41) is 22.2. The molecule has 0 heterocycles. The highest BCUT2D eigenvalue weighted by molar-refractivity contribution is 6.33. The average Bonchev–Trinajstić information content (AvgIpc) is 2.36. The molecule has 1 rings (SSSR count). The molecule has 0 aliphatic rings. The molecule has 0 spiro atoms. The summed E-state index contributed by atoms with van der Waals surface area (Å²) in [5.74, 6) is -0.459. The van der Waals surface area contributed by atoms with Gasteiger partial charge in [0.05, 0.1) is 15.5 Å². The first-order valence-electron chi connectivity index (χ1n) is 5.81. The summed E-state index contributed by atoms with van der Waals surface area (Å²) in [4.78, 5) is 22.0. The number of hydrogen-bond donors (Lipinski definition) is 2. The monoisotopic (exact) mass is 286 g/mol. The molecule has 1 unspecified atom stereocenters. The van der Waals surface area contributed by atoms with Gasteiger partial charge in [-0.1, -0.05) is 11.6 Å². The molecule has 6 nitrogen and oxygen atoms in total. The van der Waals surface area contributed by atoms with Gasteiger partial charge in [-0.3, -0.25) is 14.9 Å². The van der Waals surface area contributed by atoms with Crippen molar-refractivity contribution in [1.29, 1.82) is 0 Å². The van der Waals surface area contributed by atoms with Crippen molar-refractivity contribution in [3.05, 3.63) is 38.9 Å². The second-order valence-corrected chi connectivity index (χ2v) is 4.57. The minimum Gasteiger partial charge on any atom is -0.396 e. The number of amides is 1. The third-order valence-electron chi connectivity index (χ3n) is 2.58. The maximum atomic E-state index is 11.9. The van der Waals surface area contributed by atoms with E-state index < -0.39 is 10.8 Å². The van der Waals surface area contributed by atoms with Crippen LogP contribution in [0.4, 0.5) is 5.69 Å². The summed E-state index contributed by atoms with van der Waals surface area (Å²) in [7, 11) is 0. The number of nitro benzene ring substituents is 1. The van der Waals surface area contributed by atoms with Crippen LogP contribution in [-0.4, -0.2) is 28.6 Å². The second kappa shape index (κ2) is 7.06. The number of aliphatic hydroxyl groups excluding tert-OH is 1. The van der Waals surface area contributed by atoms with E-state index >= 15 is 0 Å². The number of carbonyl (C=O) groups excluding carboxylic acids is 1. The quantitative estimate of drug-likeness (QED) is 0.619. The fraction of sp³-hybridized carbons (Fsp3) is 0.417. The molecule has 1 aromatic rings. The number of carbonyl (C=O) groups is 1. The Bertz CT molecular complexity index is 479. The first-order valence-corrected chi connectivity index (χ1v) is 6.19. The molecule has 1 amide bonds. The maximum Gasteiger partial charge on any atom is 0.270 e. The zero-order chi connectivity index (χ0) is 14.4. The number of halogens is 1.